The smallest absolute Gasteiger partial charge is 0.177 e. The maximum Gasteiger partial charge on any atom is 0.177 e. The number of aromatic nitrogens is 4. The first-order valence-electron chi connectivity index (χ1n) is 9.79. The molecule has 1 atom stereocenters. The molecule has 4 heterocycles. The Balaban J connectivity index is 1.54. The van der Waals surface area contributed by atoms with Crippen LogP contribution in [0, 0.1) is 0 Å². The van der Waals surface area contributed by atoms with Crippen LogP contribution in [0.5, 0.6) is 0 Å². The fraction of sp³-hybridized carbons (Fsp3) is 0.227. The number of imidazole rings is 1. The zero-order valence-corrected chi connectivity index (χ0v) is 16.8. The Morgan fingerprint density at radius 2 is 2.03 bits per heavy atom. The van der Waals surface area contributed by atoms with E-state index in [1.165, 1.54) is 12.8 Å². The monoisotopic (exact) mass is 404 g/mol. The van der Waals surface area contributed by atoms with Crippen LogP contribution in [-0.2, 0) is 0 Å². The van der Waals surface area contributed by atoms with Gasteiger partial charge in [-0.3, -0.25) is 0 Å². The Morgan fingerprint density at radius 3 is 2.86 bits per heavy atom. The van der Waals surface area contributed by atoms with E-state index >= 15 is 0 Å². The SMILES string of the molecule is CC1CCCN1c1cccc(Nc2cc(-c3ccccc3Cl)nn3ccnc23)n1. The van der Waals surface area contributed by atoms with Crippen molar-refractivity contribution in [2.45, 2.75) is 25.8 Å². The summed E-state index contributed by atoms with van der Waals surface area (Å²) in [5, 5.41) is 8.76. The Bertz CT molecular complexity index is 1170. The molecule has 5 rings (SSSR count). The highest BCUT2D eigenvalue weighted by Crippen LogP contribution is 2.31. The Morgan fingerprint density at radius 1 is 1.14 bits per heavy atom. The van der Waals surface area contributed by atoms with Gasteiger partial charge in [-0.15, -0.1) is 0 Å². The van der Waals surface area contributed by atoms with Gasteiger partial charge in [0, 0.05) is 30.5 Å². The Kier molecular flexibility index (Phi) is 4.56. The molecule has 29 heavy (non-hydrogen) atoms. The molecule has 0 amide bonds. The van der Waals surface area contributed by atoms with Crippen molar-refractivity contribution in [3.05, 3.63) is 65.9 Å². The van der Waals surface area contributed by atoms with E-state index < -0.39 is 0 Å². The first kappa shape index (κ1) is 17.9. The standard InChI is InChI=1S/C22H21ClN6/c1-15-6-5-12-28(15)21-10-4-9-20(26-21)25-19-14-18(16-7-2-3-8-17(16)23)27-29-13-11-24-22(19)29/h2-4,7-11,13-15H,5-6,12H2,1H3,(H,25,26). The summed E-state index contributed by atoms with van der Waals surface area (Å²) in [6, 6.07) is 16.3. The highest BCUT2D eigenvalue weighted by molar-refractivity contribution is 6.33. The summed E-state index contributed by atoms with van der Waals surface area (Å²) in [5.41, 5.74) is 3.22. The molecule has 0 saturated carbocycles. The zero-order valence-electron chi connectivity index (χ0n) is 16.1. The molecule has 1 saturated heterocycles. The number of nitrogens with zero attached hydrogens (tertiary/aromatic N) is 5. The Labute approximate surface area is 174 Å². The maximum absolute atomic E-state index is 6.40. The summed E-state index contributed by atoms with van der Waals surface area (Å²) in [5.74, 6) is 1.78. The summed E-state index contributed by atoms with van der Waals surface area (Å²) >= 11 is 6.40. The van der Waals surface area contributed by atoms with Crippen LogP contribution in [0.15, 0.2) is 60.9 Å². The second-order valence-electron chi connectivity index (χ2n) is 7.31. The van der Waals surface area contributed by atoms with Gasteiger partial charge in [-0.25, -0.2) is 14.5 Å². The average Bonchev–Trinajstić information content (AvgIpc) is 3.37. The number of hydrogen-bond acceptors (Lipinski definition) is 5. The molecular formula is C22H21ClN6. The van der Waals surface area contributed by atoms with Crippen molar-refractivity contribution in [3.8, 4) is 11.3 Å². The van der Waals surface area contributed by atoms with Gasteiger partial charge < -0.3 is 10.2 Å². The molecule has 1 aliphatic heterocycles. The lowest BCUT2D eigenvalue weighted by Crippen LogP contribution is -2.27. The van der Waals surface area contributed by atoms with Gasteiger partial charge in [0.15, 0.2) is 5.65 Å². The third-order valence-corrected chi connectivity index (χ3v) is 5.68. The molecule has 4 aromatic rings. The predicted molar refractivity (Wildman–Crippen MR) is 117 cm³/mol. The van der Waals surface area contributed by atoms with Crippen LogP contribution in [0.2, 0.25) is 5.02 Å². The van der Waals surface area contributed by atoms with E-state index in [9.17, 15) is 0 Å². The molecule has 1 N–H and O–H groups in total. The van der Waals surface area contributed by atoms with Crippen molar-refractivity contribution in [2.75, 3.05) is 16.8 Å². The number of nitrogens with one attached hydrogen (secondary N) is 1. The number of rotatable bonds is 4. The van der Waals surface area contributed by atoms with Crippen LogP contribution in [0.3, 0.4) is 0 Å². The van der Waals surface area contributed by atoms with Crippen LogP contribution in [-0.4, -0.2) is 32.2 Å². The number of fused-ring (bicyclic) bond motifs is 1. The number of pyridine rings is 1. The summed E-state index contributed by atoms with van der Waals surface area (Å²) in [6.45, 7) is 3.30. The minimum atomic E-state index is 0.518. The van der Waals surface area contributed by atoms with Crippen LogP contribution >= 0.6 is 11.6 Å². The van der Waals surface area contributed by atoms with Crippen LogP contribution in [0.4, 0.5) is 17.3 Å². The lowest BCUT2D eigenvalue weighted by molar-refractivity contribution is 0.727. The topological polar surface area (TPSA) is 58.4 Å². The molecular weight excluding hydrogens is 384 g/mol. The van der Waals surface area contributed by atoms with E-state index in [0.29, 0.717) is 11.1 Å². The quantitative estimate of drug-likeness (QED) is 0.508. The van der Waals surface area contributed by atoms with Crippen LogP contribution in [0.25, 0.3) is 16.9 Å². The number of anilines is 3. The normalized spacial score (nSPS) is 16.5. The number of halogens is 1. The highest BCUT2D eigenvalue weighted by atomic mass is 35.5. The predicted octanol–water partition coefficient (Wildman–Crippen LogP) is 5.18. The molecule has 1 aromatic carbocycles. The molecule has 0 radical (unpaired) electrons. The fourth-order valence-electron chi connectivity index (χ4n) is 3.87. The minimum Gasteiger partial charge on any atom is -0.354 e. The molecule has 0 spiro atoms. The van der Waals surface area contributed by atoms with E-state index in [1.807, 2.05) is 48.7 Å². The van der Waals surface area contributed by atoms with E-state index in [4.69, 9.17) is 16.6 Å². The molecule has 7 heteroatoms. The van der Waals surface area contributed by atoms with E-state index in [2.05, 4.69) is 33.3 Å². The second kappa shape index (κ2) is 7.37. The number of hydrogen-bond donors (Lipinski definition) is 1. The number of benzene rings is 1. The van der Waals surface area contributed by atoms with Gasteiger partial charge in [-0.05, 0) is 44.0 Å². The molecule has 1 fully saturated rings. The summed E-state index contributed by atoms with van der Waals surface area (Å²) in [4.78, 5) is 11.7. The zero-order chi connectivity index (χ0) is 19.8. The van der Waals surface area contributed by atoms with Gasteiger partial charge in [0.25, 0.3) is 0 Å². The summed E-state index contributed by atoms with van der Waals surface area (Å²) in [7, 11) is 0. The molecule has 6 nitrogen and oxygen atoms in total. The van der Waals surface area contributed by atoms with Crippen LogP contribution in [0.1, 0.15) is 19.8 Å². The molecule has 0 bridgehead atoms. The van der Waals surface area contributed by atoms with Crippen molar-refractivity contribution in [1.82, 2.24) is 19.6 Å². The van der Waals surface area contributed by atoms with E-state index in [1.54, 1.807) is 10.7 Å². The van der Waals surface area contributed by atoms with Gasteiger partial charge >= 0.3 is 0 Å². The lowest BCUT2D eigenvalue weighted by Gasteiger charge is -2.23. The first-order chi connectivity index (χ1) is 14.2. The fourth-order valence-corrected chi connectivity index (χ4v) is 4.11. The van der Waals surface area contributed by atoms with E-state index in [0.717, 1.165) is 40.8 Å². The van der Waals surface area contributed by atoms with Crippen molar-refractivity contribution in [3.63, 3.8) is 0 Å². The maximum atomic E-state index is 6.40. The van der Waals surface area contributed by atoms with Gasteiger partial charge in [-0.2, -0.15) is 5.10 Å². The van der Waals surface area contributed by atoms with Crippen LogP contribution < -0.4 is 10.2 Å². The van der Waals surface area contributed by atoms with Gasteiger partial charge in [0.1, 0.15) is 11.6 Å². The second-order valence-corrected chi connectivity index (χ2v) is 7.72. The Hall–Kier alpha value is -3.12. The van der Waals surface area contributed by atoms with Crippen molar-refractivity contribution in [2.24, 2.45) is 0 Å². The highest BCUT2D eigenvalue weighted by Gasteiger charge is 2.21. The van der Waals surface area contributed by atoms with Gasteiger partial charge in [0.2, 0.25) is 0 Å². The van der Waals surface area contributed by atoms with Crippen molar-refractivity contribution < 1.29 is 0 Å². The van der Waals surface area contributed by atoms with Crippen molar-refractivity contribution >= 4 is 34.6 Å². The lowest BCUT2D eigenvalue weighted by atomic mass is 10.1. The van der Waals surface area contributed by atoms with E-state index in [-0.39, 0.29) is 0 Å². The summed E-state index contributed by atoms with van der Waals surface area (Å²) < 4.78 is 1.76. The molecule has 3 aromatic heterocycles. The molecule has 1 aliphatic rings. The first-order valence-corrected chi connectivity index (χ1v) is 10.2. The van der Waals surface area contributed by atoms with Gasteiger partial charge in [-0.1, -0.05) is 35.9 Å². The average molecular weight is 405 g/mol. The molecule has 0 aliphatic carbocycles. The molecule has 146 valence electrons. The third-order valence-electron chi connectivity index (χ3n) is 5.35. The largest absolute Gasteiger partial charge is 0.354 e. The minimum absolute atomic E-state index is 0.518. The van der Waals surface area contributed by atoms with Crippen molar-refractivity contribution in [1.29, 1.82) is 0 Å². The summed E-state index contributed by atoms with van der Waals surface area (Å²) in [6.07, 6.45) is 5.98. The third kappa shape index (κ3) is 3.40. The molecule has 1 unspecified atom stereocenters. The van der Waals surface area contributed by atoms with Gasteiger partial charge in [0.05, 0.1) is 16.4 Å².